The van der Waals surface area contributed by atoms with Gasteiger partial charge in [0.1, 0.15) is 0 Å². The molecule has 8 heteroatoms. The maximum Gasteiger partial charge on any atom is 0.297 e. The summed E-state index contributed by atoms with van der Waals surface area (Å²) >= 11 is 11.8. The molecule has 4 nitrogen and oxygen atoms in total. The molecule has 0 spiro atoms. The van der Waals surface area contributed by atoms with Gasteiger partial charge in [-0.15, -0.1) is 10.2 Å². The van der Waals surface area contributed by atoms with Crippen LogP contribution < -0.4 is 5.73 Å². The second kappa shape index (κ2) is 4.70. The van der Waals surface area contributed by atoms with Crippen LogP contribution >= 0.6 is 23.2 Å². The zero-order valence-corrected chi connectivity index (χ0v) is 10.7. The average molecular weight is 293 g/mol. The lowest BCUT2D eigenvalue weighted by Gasteiger charge is -2.07. The normalized spacial score (nSPS) is 11.2. The highest BCUT2D eigenvalue weighted by Crippen LogP contribution is 2.34. The molecule has 96 valence electrons. The molecule has 0 amide bonds. The number of hydrogen-bond donors (Lipinski definition) is 1. The molecule has 2 rings (SSSR count). The summed E-state index contributed by atoms with van der Waals surface area (Å²) < 4.78 is 26.4. The van der Waals surface area contributed by atoms with E-state index in [4.69, 9.17) is 28.9 Å². The van der Waals surface area contributed by atoms with E-state index in [9.17, 15) is 8.78 Å². The van der Waals surface area contributed by atoms with Crippen molar-refractivity contribution in [3.05, 3.63) is 28.0 Å². The number of aromatic nitrogens is 3. The standard InChI is InChI=1S/C10H8Cl2F2N4/c1-18-9(16-17-10(18)8(13)14)4-2-7(15)6(12)3-5(4)11/h2-3,8H,15H2,1H3. The van der Waals surface area contributed by atoms with Crippen molar-refractivity contribution in [1.29, 1.82) is 0 Å². The molecule has 0 aliphatic rings. The van der Waals surface area contributed by atoms with Gasteiger partial charge in [0.25, 0.3) is 6.43 Å². The van der Waals surface area contributed by atoms with Crippen LogP contribution in [0, 0.1) is 0 Å². The smallest absolute Gasteiger partial charge is 0.297 e. The molecule has 0 aliphatic heterocycles. The van der Waals surface area contributed by atoms with E-state index < -0.39 is 12.2 Å². The summed E-state index contributed by atoms with van der Waals surface area (Å²) in [6.07, 6.45) is -2.71. The van der Waals surface area contributed by atoms with Crippen LogP contribution in [0.5, 0.6) is 0 Å². The van der Waals surface area contributed by atoms with Gasteiger partial charge in [-0.25, -0.2) is 8.78 Å². The summed E-state index contributed by atoms with van der Waals surface area (Å²) in [6, 6.07) is 2.91. The molecular formula is C10H8Cl2F2N4. The van der Waals surface area contributed by atoms with Crippen molar-refractivity contribution < 1.29 is 8.78 Å². The van der Waals surface area contributed by atoms with E-state index in [1.165, 1.54) is 23.7 Å². The zero-order chi connectivity index (χ0) is 13.4. The number of benzene rings is 1. The van der Waals surface area contributed by atoms with Gasteiger partial charge in [-0.05, 0) is 12.1 Å². The number of nitrogens with zero attached hydrogens (tertiary/aromatic N) is 3. The highest BCUT2D eigenvalue weighted by Gasteiger charge is 2.20. The Labute approximate surface area is 111 Å². The minimum absolute atomic E-state index is 0.207. The lowest BCUT2D eigenvalue weighted by Crippen LogP contribution is -2.00. The number of hydrogen-bond acceptors (Lipinski definition) is 3. The molecule has 18 heavy (non-hydrogen) atoms. The highest BCUT2D eigenvalue weighted by molar-refractivity contribution is 6.37. The summed E-state index contributed by atoms with van der Waals surface area (Å²) in [5.74, 6) is -0.228. The van der Waals surface area contributed by atoms with Gasteiger partial charge in [0.2, 0.25) is 0 Å². The number of halogens is 4. The number of nitrogens with two attached hydrogens (primary N) is 1. The predicted octanol–water partition coefficient (Wildman–Crippen LogP) is 3.31. The van der Waals surface area contributed by atoms with Gasteiger partial charge in [0.05, 0.1) is 15.7 Å². The van der Waals surface area contributed by atoms with E-state index in [0.717, 1.165) is 0 Å². The van der Waals surface area contributed by atoms with E-state index >= 15 is 0 Å². The average Bonchev–Trinajstić information content (AvgIpc) is 2.66. The highest BCUT2D eigenvalue weighted by atomic mass is 35.5. The fourth-order valence-electron chi connectivity index (χ4n) is 1.50. The molecule has 1 heterocycles. The molecule has 0 aliphatic carbocycles. The molecule has 1 aromatic heterocycles. The van der Waals surface area contributed by atoms with Crippen molar-refractivity contribution in [3.63, 3.8) is 0 Å². The third-order valence-electron chi connectivity index (χ3n) is 2.43. The molecule has 2 N–H and O–H groups in total. The summed E-state index contributed by atoms with van der Waals surface area (Å²) in [4.78, 5) is 0. The molecule has 0 atom stereocenters. The monoisotopic (exact) mass is 292 g/mol. The first-order chi connectivity index (χ1) is 8.41. The number of rotatable bonds is 2. The SMILES string of the molecule is Cn1c(-c2cc(N)c(Cl)cc2Cl)nnc1C(F)F. The Morgan fingerprint density at radius 2 is 1.89 bits per heavy atom. The van der Waals surface area contributed by atoms with Gasteiger partial charge in [-0.3, -0.25) is 0 Å². The minimum atomic E-state index is -2.71. The van der Waals surface area contributed by atoms with Crippen molar-refractivity contribution >= 4 is 28.9 Å². The molecule has 2 aromatic rings. The van der Waals surface area contributed by atoms with Gasteiger partial charge in [-0.1, -0.05) is 23.2 Å². The van der Waals surface area contributed by atoms with Gasteiger partial charge in [0, 0.05) is 12.6 Å². The van der Waals surface area contributed by atoms with Crippen LogP contribution in [-0.4, -0.2) is 14.8 Å². The molecular weight excluding hydrogens is 285 g/mol. The van der Waals surface area contributed by atoms with Crippen LogP contribution in [0.2, 0.25) is 10.0 Å². The van der Waals surface area contributed by atoms with Crippen molar-refractivity contribution in [1.82, 2.24) is 14.8 Å². The number of anilines is 1. The Morgan fingerprint density at radius 1 is 1.22 bits per heavy atom. The predicted molar refractivity (Wildman–Crippen MR) is 65.8 cm³/mol. The Balaban J connectivity index is 2.59. The van der Waals surface area contributed by atoms with Crippen LogP contribution in [0.3, 0.4) is 0 Å². The fourth-order valence-corrected chi connectivity index (χ4v) is 1.97. The van der Waals surface area contributed by atoms with Crippen molar-refractivity contribution in [2.75, 3.05) is 5.73 Å². The largest absolute Gasteiger partial charge is 0.398 e. The van der Waals surface area contributed by atoms with Gasteiger partial charge < -0.3 is 10.3 Å². The zero-order valence-electron chi connectivity index (χ0n) is 9.16. The maximum absolute atomic E-state index is 12.6. The molecule has 0 radical (unpaired) electrons. The van der Waals surface area contributed by atoms with Gasteiger partial charge in [0.15, 0.2) is 11.6 Å². The molecule has 1 aromatic carbocycles. The first kappa shape index (κ1) is 13.0. The maximum atomic E-state index is 12.6. The number of alkyl halides is 2. The van der Waals surface area contributed by atoms with Crippen LogP contribution in [-0.2, 0) is 7.05 Å². The lowest BCUT2D eigenvalue weighted by atomic mass is 10.2. The number of nitrogen functional groups attached to an aromatic ring is 1. The van der Waals surface area contributed by atoms with Crippen LogP contribution in [0.25, 0.3) is 11.4 Å². The molecule has 0 bridgehead atoms. The van der Waals surface area contributed by atoms with Crippen molar-refractivity contribution in [2.24, 2.45) is 7.05 Å². The van der Waals surface area contributed by atoms with Crippen LogP contribution in [0.1, 0.15) is 12.2 Å². The van der Waals surface area contributed by atoms with Crippen LogP contribution in [0.4, 0.5) is 14.5 Å². The third-order valence-corrected chi connectivity index (χ3v) is 3.07. The Bertz CT molecular complexity index is 598. The Hall–Kier alpha value is -1.40. The van der Waals surface area contributed by atoms with E-state index in [0.29, 0.717) is 10.6 Å². The summed E-state index contributed by atoms with van der Waals surface area (Å²) in [5, 5.41) is 7.66. The summed E-state index contributed by atoms with van der Waals surface area (Å²) in [7, 11) is 1.43. The van der Waals surface area contributed by atoms with E-state index in [1.54, 1.807) is 0 Å². The first-order valence-corrected chi connectivity index (χ1v) is 5.59. The summed E-state index contributed by atoms with van der Waals surface area (Å²) in [6.45, 7) is 0. The molecule has 0 saturated heterocycles. The molecule has 0 fully saturated rings. The van der Waals surface area contributed by atoms with Crippen molar-refractivity contribution in [2.45, 2.75) is 6.43 Å². The quantitative estimate of drug-likeness (QED) is 0.864. The first-order valence-electron chi connectivity index (χ1n) is 4.84. The molecule has 0 saturated carbocycles. The van der Waals surface area contributed by atoms with Crippen molar-refractivity contribution in [3.8, 4) is 11.4 Å². The second-order valence-electron chi connectivity index (χ2n) is 3.60. The van der Waals surface area contributed by atoms with Gasteiger partial charge >= 0.3 is 0 Å². The topological polar surface area (TPSA) is 56.7 Å². The van der Waals surface area contributed by atoms with E-state index in [-0.39, 0.29) is 16.5 Å². The Kier molecular flexibility index (Phi) is 3.41. The van der Waals surface area contributed by atoms with E-state index in [1.807, 2.05) is 0 Å². The molecule has 0 unspecified atom stereocenters. The second-order valence-corrected chi connectivity index (χ2v) is 4.41. The van der Waals surface area contributed by atoms with Gasteiger partial charge in [-0.2, -0.15) is 0 Å². The fraction of sp³-hybridized carbons (Fsp3) is 0.200. The lowest BCUT2D eigenvalue weighted by molar-refractivity contribution is 0.136. The van der Waals surface area contributed by atoms with E-state index in [2.05, 4.69) is 10.2 Å². The third kappa shape index (κ3) is 2.13. The van der Waals surface area contributed by atoms with Crippen LogP contribution in [0.15, 0.2) is 12.1 Å². The summed E-state index contributed by atoms with van der Waals surface area (Å²) in [5.41, 5.74) is 6.34. The Morgan fingerprint density at radius 3 is 2.44 bits per heavy atom. The minimum Gasteiger partial charge on any atom is -0.398 e.